The van der Waals surface area contributed by atoms with Crippen LogP contribution in [-0.2, 0) is 9.47 Å². The van der Waals surface area contributed by atoms with E-state index < -0.39 is 17.5 Å². The van der Waals surface area contributed by atoms with E-state index in [-0.39, 0.29) is 41.4 Å². The maximum atomic E-state index is 12.3. The van der Waals surface area contributed by atoms with Gasteiger partial charge in [0.05, 0.1) is 29.4 Å². The number of carbonyl (C=O) groups excluding carboxylic acids is 1. The van der Waals surface area contributed by atoms with Gasteiger partial charge in [0.2, 0.25) is 0 Å². The molecule has 0 atom stereocenters. The number of piperidine rings is 2. The Balaban J connectivity index is 1.26. The van der Waals surface area contributed by atoms with Gasteiger partial charge in [0.25, 0.3) is 0 Å². The summed E-state index contributed by atoms with van der Waals surface area (Å²) in [6.07, 6.45) is 5.35. The quantitative estimate of drug-likeness (QED) is 0.452. The van der Waals surface area contributed by atoms with Crippen molar-refractivity contribution in [1.29, 1.82) is 0 Å². The fourth-order valence-electron chi connectivity index (χ4n) is 5.92. The number of nitrogens with zero attached hydrogens (tertiary/aromatic N) is 2. The second-order valence-electron chi connectivity index (χ2n) is 12.6. The third-order valence-electron chi connectivity index (χ3n) is 8.01. The van der Waals surface area contributed by atoms with Gasteiger partial charge in [-0.3, -0.25) is 0 Å². The second kappa shape index (κ2) is 12.3. The van der Waals surface area contributed by atoms with Crippen molar-refractivity contribution in [3.05, 3.63) is 28.8 Å². The molecule has 40 heavy (non-hydrogen) atoms. The zero-order valence-corrected chi connectivity index (χ0v) is 24.4. The average Bonchev–Trinajstić information content (AvgIpc) is 2.84. The van der Waals surface area contributed by atoms with Crippen molar-refractivity contribution in [3.8, 4) is 5.75 Å². The first-order chi connectivity index (χ1) is 18.8. The fraction of sp³-hybridized carbons (Fsp3) is 0.700. The number of rotatable bonds is 8. The van der Waals surface area contributed by atoms with Crippen LogP contribution in [0.3, 0.4) is 0 Å². The minimum atomic E-state index is -1.28. The predicted octanol–water partition coefficient (Wildman–Crippen LogP) is 5.00. The Hall–Kier alpha value is -2.85. The number of ether oxygens (including phenoxy) is 3. The van der Waals surface area contributed by atoms with E-state index in [1.165, 1.54) is 12.1 Å². The lowest BCUT2D eigenvalue weighted by Crippen LogP contribution is -2.52. The van der Waals surface area contributed by atoms with Gasteiger partial charge in [0.1, 0.15) is 11.4 Å². The Kier molecular flexibility index (Phi) is 9.29. The molecule has 1 saturated carbocycles. The van der Waals surface area contributed by atoms with Gasteiger partial charge in [-0.15, -0.1) is 0 Å². The largest absolute Gasteiger partial charge is 0.491 e. The minimum Gasteiger partial charge on any atom is -0.491 e. The first kappa shape index (κ1) is 30.1. The zero-order valence-electron chi connectivity index (χ0n) is 24.4. The molecule has 1 amide bonds. The van der Waals surface area contributed by atoms with Crippen molar-refractivity contribution in [3.63, 3.8) is 0 Å². The summed E-state index contributed by atoms with van der Waals surface area (Å²) in [5, 5.41) is 19.2. The highest BCUT2D eigenvalue weighted by Gasteiger charge is 2.39. The van der Waals surface area contributed by atoms with Gasteiger partial charge in [0.15, 0.2) is 0 Å². The summed E-state index contributed by atoms with van der Waals surface area (Å²) in [7, 11) is 0. The highest BCUT2D eigenvalue weighted by Crippen LogP contribution is 2.40. The van der Waals surface area contributed by atoms with Crippen LogP contribution in [0.15, 0.2) is 12.1 Å². The van der Waals surface area contributed by atoms with Crippen molar-refractivity contribution in [2.75, 3.05) is 26.2 Å². The molecule has 2 heterocycles. The lowest BCUT2D eigenvalue weighted by molar-refractivity contribution is -0.105. The Morgan fingerprint density at radius 1 is 0.875 bits per heavy atom. The number of carbonyl (C=O) groups is 3. The number of hydrogen-bond donors (Lipinski definition) is 2. The number of carboxylic acids is 2. The minimum absolute atomic E-state index is 0.105. The summed E-state index contributed by atoms with van der Waals surface area (Å²) in [6, 6.07) is 3.35. The smallest absolute Gasteiger partial charge is 0.410 e. The van der Waals surface area contributed by atoms with Gasteiger partial charge in [-0.25, -0.2) is 14.4 Å². The van der Waals surface area contributed by atoms with Crippen LogP contribution in [0.2, 0.25) is 0 Å². The van der Waals surface area contributed by atoms with E-state index in [2.05, 4.69) is 4.90 Å². The van der Waals surface area contributed by atoms with E-state index in [4.69, 9.17) is 14.2 Å². The SMILES string of the molecule is CC(C)Oc1cc(C(=O)O)c(C(=O)O)cc1C1CCN([C@H]2C[C@H](OC3CCN(C(=O)OC(C)(C)C)CC3)C2)CC1. The van der Waals surface area contributed by atoms with Gasteiger partial charge in [-0.2, -0.15) is 0 Å². The van der Waals surface area contributed by atoms with Crippen molar-refractivity contribution in [1.82, 2.24) is 9.80 Å². The number of aromatic carboxylic acids is 2. The van der Waals surface area contributed by atoms with E-state index in [1.807, 2.05) is 34.6 Å². The van der Waals surface area contributed by atoms with Crippen LogP contribution in [0.1, 0.15) is 105 Å². The number of amides is 1. The van der Waals surface area contributed by atoms with Gasteiger partial charge < -0.3 is 34.2 Å². The van der Waals surface area contributed by atoms with E-state index in [9.17, 15) is 24.6 Å². The lowest BCUT2D eigenvalue weighted by Gasteiger charge is -2.47. The van der Waals surface area contributed by atoms with Crippen molar-refractivity contribution >= 4 is 18.0 Å². The Morgan fingerprint density at radius 3 is 1.98 bits per heavy atom. The molecule has 4 rings (SSSR count). The lowest BCUT2D eigenvalue weighted by atomic mass is 9.82. The third kappa shape index (κ3) is 7.46. The first-order valence-corrected chi connectivity index (χ1v) is 14.5. The maximum absolute atomic E-state index is 12.3. The highest BCUT2D eigenvalue weighted by molar-refractivity contribution is 6.02. The van der Waals surface area contributed by atoms with Crippen LogP contribution in [-0.4, -0.2) is 94.2 Å². The van der Waals surface area contributed by atoms with Gasteiger partial charge in [-0.05, 0) is 110 Å². The number of carboxylic acid groups (broad SMARTS) is 2. The molecule has 3 aliphatic rings. The molecule has 222 valence electrons. The summed E-state index contributed by atoms with van der Waals surface area (Å²) in [5.41, 5.74) is -0.156. The van der Waals surface area contributed by atoms with Crippen LogP contribution in [0.25, 0.3) is 0 Å². The number of benzene rings is 1. The summed E-state index contributed by atoms with van der Waals surface area (Å²) in [4.78, 5) is 40.1. The molecule has 0 bridgehead atoms. The fourth-order valence-corrected chi connectivity index (χ4v) is 5.92. The molecule has 1 aromatic rings. The van der Waals surface area contributed by atoms with E-state index in [0.717, 1.165) is 57.2 Å². The Bertz CT molecular complexity index is 1080. The van der Waals surface area contributed by atoms with Crippen molar-refractivity contribution in [2.45, 2.75) is 109 Å². The molecular weight excluding hydrogens is 516 g/mol. The summed E-state index contributed by atoms with van der Waals surface area (Å²) in [5.74, 6) is -1.95. The average molecular weight is 561 g/mol. The van der Waals surface area contributed by atoms with Crippen LogP contribution in [0.4, 0.5) is 4.79 Å². The van der Waals surface area contributed by atoms with Gasteiger partial charge >= 0.3 is 18.0 Å². The van der Waals surface area contributed by atoms with Crippen LogP contribution < -0.4 is 4.74 Å². The standard InChI is InChI=1S/C30H44N2O8/c1-18(2)38-26-17-25(28(35)36)24(27(33)34)16-23(26)19-6-10-31(11-7-19)20-14-22(15-20)39-21-8-12-32(13-9-21)29(37)40-30(3,4)5/h16-22H,6-15H2,1-5H3,(H,33,34)(H,35,36)/t20-,22-. The zero-order chi connectivity index (χ0) is 29.2. The monoisotopic (exact) mass is 560 g/mol. The summed E-state index contributed by atoms with van der Waals surface area (Å²) >= 11 is 0. The highest BCUT2D eigenvalue weighted by atomic mass is 16.6. The number of hydrogen-bond acceptors (Lipinski definition) is 7. The maximum Gasteiger partial charge on any atom is 0.410 e. The molecule has 0 aromatic heterocycles. The molecule has 2 aliphatic heterocycles. The molecule has 1 aromatic carbocycles. The van der Waals surface area contributed by atoms with Crippen LogP contribution >= 0.6 is 0 Å². The van der Waals surface area contributed by atoms with Crippen LogP contribution in [0, 0.1) is 0 Å². The summed E-state index contributed by atoms with van der Waals surface area (Å²) < 4.78 is 17.8. The molecule has 2 N–H and O–H groups in total. The third-order valence-corrected chi connectivity index (χ3v) is 8.01. The van der Waals surface area contributed by atoms with E-state index in [0.29, 0.717) is 24.9 Å². The van der Waals surface area contributed by atoms with E-state index >= 15 is 0 Å². The normalized spacial score (nSPS) is 23.1. The van der Waals surface area contributed by atoms with Crippen LogP contribution in [0.5, 0.6) is 5.75 Å². The molecule has 2 saturated heterocycles. The predicted molar refractivity (Wildman–Crippen MR) is 148 cm³/mol. The second-order valence-corrected chi connectivity index (χ2v) is 12.6. The van der Waals surface area contributed by atoms with Gasteiger partial charge in [0, 0.05) is 19.1 Å². The Labute approximate surface area is 236 Å². The molecular formula is C30H44N2O8. The first-order valence-electron chi connectivity index (χ1n) is 14.5. The molecule has 0 radical (unpaired) electrons. The Morgan fingerprint density at radius 2 is 1.45 bits per heavy atom. The number of likely N-dealkylation sites (tertiary alicyclic amines) is 2. The summed E-state index contributed by atoms with van der Waals surface area (Å²) in [6.45, 7) is 12.5. The molecule has 10 heteroatoms. The molecule has 0 spiro atoms. The van der Waals surface area contributed by atoms with Gasteiger partial charge in [-0.1, -0.05) is 0 Å². The molecule has 1 aliphatic carbocycles. The molecule has 3 fully saturated rings. The molecule has 0 unspecified atom stereocenters. The molecule has 10 nitrogen and oxygen atoms in total. The topological polar surface area (TPSA) is 126 Å². The van der Waals surface area contributed by atoms with E-state index in [1.54, 1.807) is 4.90 Å². The van der Waals surface area contributed by atoms with Crippen molar-refractivity contribution < 1.29 is 38.8 Å². The van der Waals surface area contributed by atoms with Crippen molar-refractivity contribution in [2.24, 2.45) is 0 Å².